The number of hydrogen-bond acceptors (Lipinski definition) is 1. The SMILES string of the molecule is Cc1cc(C)c2c(C(CN)C3CCCC3)cn(C)c2c1. The molecule has 0 amide bonds. The highest BCUT2D eigenvalue weighted by Crippen LogP contribution is 2.40. The normalized spacial score (nSPS) is 18.0. The number of aryl methyl sites for hydroxylation is 3. The predicted octanol–water partition coefficient (Wildman–Crippen LogP) is 4.03. The minimum atomic E-state index is 0.530. The van der Waals surface area contributed by atoms with Gasteiger partial charge in [-0.25, -0.2) is 0 Å². The summed E-state index contributed by atoms with van der Waals surface area (Å²) in [6.07, 6.45) is 7.79. The first-order valence-corrected chi connectivity index (χ1v) is 7.88. The zero-order valence-corrected chi connectivity index (χ0v) is 12.9. The summed E-state index contributed by atoms with van der Waals surface area (Å²) >= 11 is 0. The van der Waals surface area contributed by atoms with Crippen LogP contribution in [0.1, 0.15) is 48.3 Å². The third kappa shape index (κ3) is 2.16. The fraction of sp³-hybridized carbons (Fsp3) is 0.556. The van der Waals surface area contributed by atoms with Crippen LogP contribution in [0.25, 0.3) is 10.9 Å². The summed E-state index contributed by atoms with van der Waals surface area (Å²) in [7, 11) is 2.16. The lowest BCUT2D eigenvalue weighted by atomic mass is 9.84. The molecule has 2 aromatic rings. The van der Waals surface area contributed by atoms with Gasteiger partial charge in [-0.3, -0.25) is 0 Å². The largest absolute Gasteiger partial charge is 0.350 e. The maximum absolute atomic E-state index is 6.16. The van der Waals surface area contributed by atoms with E-state index in [9.17, 15) is 0 Å². The molecule has 1 aromatic heterocycles. The van der Waals surface area contributed by atoms with E-state index >= 15 is 0 Å². The fourth-order valence-corrected chi connectivity index (χ4v) is 4.16. The Kier molecular flexibility index (Phi) is 3.59. The van der Waals surface area contributed by atoms with Gasteiger partial charge in [0.2, 0.25) is 0 Å². The van der Waals surface area contributed by atoms with Gasteiger partial charge >= 0.3 is 0 Å². The van der Waals surface area contributed by atoms with Crippen LogP contribution in [0, 0.1) is 19.8 Å². The fourth-order valence-electron chi connectivity index (χ4n) is 4.16. The van der Waals surface area contributed by atoms with Crippen molar-refractivity contribution in [1.29, 1.82) is 0 Å². The smallest absolute Gasteiger partial charge is 0.0486 e. The molecule has 2 N–H and O–H groups in total. The molecule has 1 aromatic carbocycles. The molecule has 1 saturated carbocycles. The van der Waals surface area contributed by atoms with Crippen molar-refractivity contribution in [2.45, 2.75) is 45.4 Å². The molecule has 3 rings (SSSR count). The van der Waals surface area contributed by atoms with Crippen molar-refractivity contribution >= 4 is 10.9 Å². The lowest BCUT2D eigenvalue weighted by Crippen LogP contribution is -2.19. The lowest BCUT2D eigenvalue weighted by Gasteiger charge is -2.22. The quantitative estimate of drug-likeness (QED) is 0.897. The molecule has 2 nitrogen and oxygen atoms in total. The van der Waals surface area contributed by atoms with E-state index in [4.69, 9.17) is 5.73 Å². The summed E-state index contributed by atoms with van der Waals surface area (Å²) in [5.74, 6) is 1.31. The Morgan fingerprint density at radius 1 is 1.25 bits per heavy atom. The molecule has 0 aliphatic heterocycles. The van der Waals surface area contributed by atoms with Gasteiger partial charge in [0.05, 0.1) is 0 Å². The minimum absolute atomic E-state index is 0.530. The summed E-state index contributed by atoms with van der Waals surface area (Å²) in [6.45, 7) is 5.19. The number of aromatic nitrogens is 1. The Labute approximate surface area is 122 Å². The molecule has 2 heteroatoms. The number of rotatable bonds is 3. The van der Waals surface area contributed by atoms with Gasteiger partial charge in [0.15, 0.2) is 0 Å². The zero-order chi connectivity index (χ0) is 14.3. The third-order valence-electron chi connectivity index (χ3n) is 5.08. The minimum Gasteiger partial charge on any atom is -0.350 e. The van der Waals surface area contributed by atoms with Crippen LogP contribution in [0.2, 0.25) is 0 Å². The van der Waals surface area contributed by atoms with E-state index in [1.54, 1.807) is 0 Å². The van der Waals surface area contributed by atoms with Crippen molar-refractivity contribution in [3.8, 4) is 0 Å². The van der Waals surface area contributed by atoms with Crippen LogP contribution in [0.15, 0.2) is 18.3 Å². The van der Waals surface area contributed by atoms with Crippen LogP contribution < -0.4 is 5.73 Å². The Balaban J connectivity index is 2.15. The Bertz CT molecular complexity index is 618. The predicted molar refractivity (Wildman–Crippen MR) is 86.1 cm³/mol. The maximum Gasteiger partial charge on any atom is 0.0486 e. The molecule has 0 bridgehead atoms. The van der Waals surface area contributed by atoms with Crippen molar-refractivity contribution in [3.05, 3.63) is 35.0 Å². The number of hydrogen-bond donors (Lipinski definition) is 1. The maximum atomic E-state index is 6.16. The molecule has 1 aliphatic rings. The van der Waals surface area contributed by atoms with E-state index < -0.39 is 0 Å². The molecule has 0 radical (unpaired) electrons. The van der Waals surface area contributed by atoms with Crippen molar-refractivity contribution in [3.63, 3.8) is 0 Å². The van der Waals surface area contributed by atoms with E-state index in [0.29, 0.717) is 5.92 Å². The first kappa shape index (κ1) is 13.7. The van der Waals surface area contributed by atoms with Crippen molar-refractivity contribution in [2.75, 3.05) is 6.54 Å². The average molecular weight is 270 g/mol. The average Bonchev–Trinajstić information content (AvgIpc) is 3.01. The van der Waals surface area contributed by atoms with Crippen LogP contribution in [-0.2, 0) is 7.05 Å². The van der Waals surface area contributed by atoms with Crippen LogP contribution in [0.3, 0.4) is 0 Å². The molecule has 0 saturated heterocycles. The van der Waals surface area contributed by atoms with Gasteiger partial charge < -0.3 is 10.3 Å². The summed E-state index contributed by atoms with van der Waals surface area (Å²) < 4.78 is 2.28. The second-order valence-corrected chi connectivity index (χ2v) is 6.56. The molecular weight excluding hydrogens is 244 g/mol. The van der Waals surface area contributed by atoms with E-state index in [2.05, 4.69) is 43.8 Å². The molecule has 1 unspecified atom stereocenters. The number of nitrogens with zero attached hydrogens (tertiary/aromatic N) is 1. The van der Waals surface area contributed by atoms with E-state index in [0.717, 1.165) is 12.5 Å². The third-order valence-corrected chi connectivity index (χ3v) is 5.08. The van der Waals surface area contributed by atoms with Crippen molar-refractivity contribution in [1.82, 2.24) is 4.57 Å². The standard InChI is InChI=1S/C18H26N2/c1-12-8-13(2)18-16(11-20(3)17(18)9-12)15(10-19)14-6-4-5-7-14/h8-9,11,14-15H,4-7,10,19H2,1-3H3. The molecule has 108 valence electrons. The van der Waals surface area contributed by atoms with Crippen molar-refractivity contribution in [2.24, 2.45) is 18.7 Å². The van der Waals surface area contributed by atoms with E-state index in [1.807, 2.05) is 0 Å². The van der Waals surface area contributed by atoms with Crippen LogP contribution in [0.4, 0.5) is 0 Å². The summed E-state index contributed by atoms with van der Waals surface area (Å²) in [5.41, 5.74) is 11.7. The zero-order valence-electron chi connectivity index (χ0n) is 12.9. The summed E-state index contributed by atoms with van der Waals surface area (Å²) in [6, 6.07) is 4.60. The molecular formula is C18H26N2. The highest BCUT2D eigenvalue weighted by atomic mass is 14.9. The summed E-state index contributed by atoms with van der Waals surface area (Å²) in [5, 5.41) is 1.44. The molecule has 1 fully saturated rings. The van der Waals surface area contributed by atoms with Gasteiger partial charge in [-0.2, -0.15) is 0 Å². The highest BCUT2D eigenvalue weighted by molar-refractivity contribution is 5.88. The van der Waals surface area contributed by atoms with Gasteiger partial charge in [0.1, 0.15) is 0 Å². The first-order chi connectivity index (χ1) is 9.61. The molecule has 1 heterocycles. The van der Waals surface area contributed by atoms with Gasteiger partial charge in [-0.1, -0.05) is 18.9 Å². The number of benzene rings is 1. The highest BCUT2D eigenvalue weighted by Gasteiger charge is 2.28. The molecule has 0 spiro atoms. The summed E-state index contributed by atoms with van der Waals surface area (Å²) in [4.78, 5) is 0. The topological polar surface area (TPSA) is 30.9 Å². The van der Waals surface area contributed by atoms with Crippen LogP contribution in [-0.4, -0.2) is 11.1 Å². The Hall–Kier alpha value is -1.28. The van der Waals surface area contributed by atoms with Gasteiger partial charge in [-0.15, -0.1) is 0 Å². The van der Waals surface area contributed by atoms with Gasteiger partial charge in [0.25, 0.3) is 0 Å². The molecule has 20 heavy (non-hydrogen) atoms. The van der Waals surface area contributed by atoms with Crippen LogP contribution >= 0.6 is 0 Å². The Morgan fingerprint density at radius 2 is 1.95 bits per heavy atom. The monoisotopic (exact) mass is 270 g/mol. The molecule has 1 aliphatic carbocycles. The van der Waals surface area contributed by atoms with E-state index in [1.165, 1.54) is 53.3 Å². The van der Waals surface area contributed by atoms with E-state index in [-0.39, 0.29) is 0 Å². The number of nitrogens with two attached hydrogens (primary N) is 1. The van der Waals surface area contributed by atoms with Crippen LogP contribution in [0.5, 0.6) is 0 Å². The number of fused-ring (bicyclic) bond motifs is 1. The Morgan fingerprint density at radius 3 is 2.60 bits per heavy atom. The second-order valence-electron chi connectivity index (χ2n) is 6.56. The van der Waals surface area contributed by atoms with Gasteiger partial charge in [-0.05, 0) is 61.9 Å². The second kappa shape index (κ2) is 5.25. The lowest BCUT2D eigenvalue weighted by molar-refractivity contribution is 0.442. The molecule has 1 atom stereocenters. The first-order valence-electron chi connectivity index (χ1n) is 7.88. The van der Waals surface area contributed by atoms with Gasteiger partial charge in [0, 0.05) is 30.1 Å². The van der Waals surface area contributed by atoms with Crippen molar-refractivity contribution < 1.29 is 0 Å².